The molecule has 0 fully saturated rings. The van der Waals surface area contributed by atoms with Crippen LogP contribution in [0.5, 0.6) is 11.5 Å². The van der Waals surface area contributed by atoms with E-state index in [0.717, 1.165) is 19.1 Å². The van der Waals surface area contributed by atoms with Gasteiger partial charge >= 0.3 is 0 Å². The van der Waals surface area contributed by atoms with Crippen molar-refractivity contribution in [1.29, 1.82) is 0 Å². The summed E-state index contributed by atoms with van der Waals surface area (Å²) in [7, 11) is 1.56. The average molecular weight is 220 g/mol. The summed E-state index contributed by atoms with van der Waals surface area (Å²) in [6.45, 7) is 4.19. The summed E-state index contributed by atoms with van der Waals surface area (Å²) < 4.78 is 10.7. The summed E-state index contributed by atoms with van der Waals surface area (Å²) >= 11 is 0. The highest BCUT2D eigenvalue weighted by atomic mass is 16.5. The summed E-state index contributed by atoms with van der Waals surface area (Å²) in [6.07, 6.45) is 4.38. The maximum absolute atomic E-state index is 10.8. The number of hydrogen-bond donors (Lipinski definition) is 0. The van der Waals surface area contributed by atoms with Crippen molar-refractivity contribution in [2.24, 2.45) is 0 Å². The van der Waals surface area contributed by atoms with Crippen LogP contribution in [0.3, 0.4) is 0 Å². The number of methoxy groups -OCH3 is 1. The fraction of sp³-hybridized carbons (Fsp3) is 0.308. The Kier molecular flexibility index (Phi) is 5.12. The van der Waals surface area contributed by atoms with Gasteiger partial charge in [0, 0.05) is 0 Å². The lowest BCUT2D eigenvalue weighted by atomic mass is 10.2. The largest absolute Gasteiger partial charge is 0.493 e. The first-order chi connectivity index (χ1) is 7.83. The van der Waals surface area contributed by atoms with E-state index in [2.05, 4.69) is 6.58 Å². The second-order valence-corrected chi connectivity index (χ2v) is 3.28. The van der Waals surface area contributed by atoms with Crippen LogP contribution in [0.4, 0.5) is 0 Å². The van der Waals surface area contributed by atoms with Gasteiger partial charge in [0.15, 0.2) is 17.8 Å². The quantitative estimate of drug-likeness (QED) is 0.402. The Morgan fingerprint density at radius 3 is 2.88 bits per heavy atom. The minimum absolute atomic E-state index is 0.512. The molecule has 1 aromatic carbocycles. The number of rotatable bonds is 7. The van der Waals surface area contributed by atoms with Crippen molar-refractivity contribution in [3.05, 3.63) is 36.4 Å². The fourth-order valence-electron chi connectivity index (χ4n) is 1.34. The molecule has 3 heteroatoms. The predicted octanol–water partition coefficient (Wildman–Crippen LogP) is 2.85. The average Bonchev–Trinajstić information content (AvgIpc) is 2.34. The van der Waals surface area contributed by atoms with Crippen molar-refractivity contribution in [1.82, 2.24) is 0 Å². The maximum atomic E-state index is 10.8. The molecule has 0 spiro atoms. The van der Waals surface area contributed by atoms with Crippen LogP contribution in [-0.2, 0) is 0 Å². The smallest absolute Gasteiger partial charge is 0.171 e. The number of para-hydroxylation sites is 1. The molecule has 0 atom stereocenters. The molecule has 0 aliphatic rings. The highest BCUT2D eigenvalue weighted by Crippen LogP contribution is 2.30. The van der Waals surface area contributed by atoms with Crippen molar-refractivity contribution in [2.45, 2.75) is 12.8 Å². The van der Waals surface area contributed by atoms with Crippen molar-refractivity contribution in [2.75, 3.05) is 13.7 Å². The Morgan fingerprint density at radius 1 is 1.44 bits per heavy atom. The Balaban J connectivity index is 2.74. The monoisotopic (exact) mass is 220 g/mol. The summed E-state index contributed by atoms with van der Waals surface area (Å²) in [5, 5.41) is 0. The standard InChI is InChI=1S/C13H16O3/c1-3-4-5-9-16-13-11(10-14)7-6-8-12(13)15-2/h3,6-8,10H,1,4-5,9H2,2H3. The normalized spacial score (nSPS) is 9.56. The molecule has 0 aliphatic carbocycles. The Hall–Kier alpha value is -1.77. The molecule has 3 nitrogen and oxygen atoms in total. The van der Waals surface area contributed by atoms with Gasteiger partial charge in [-0.25, -0.2) is 0 Å². The fourth-order valence-corrected chi connectivity index (χ4v) is 1.34. The zero-order chi connectivity index (χ0) is 11.8. The first-order valence-corrected chi connectivity index (χ1v) is 5.19. The lowest BCUT2D eigenvalue weighted by Crippen LogP contribution is -2.01. The van der Waals surface area contributed by atoms with Gasteiger partial charge in [0.2, 0.25) is 0 Å². The van der Waals surface area contributed by atoms with Crippen molar-refractivity contribution in [3.63, 3.8) is 0 Å². The molecule has 0 aliphatic heterocycles. The van der Waals surface area contributed by atoms with Gasteiger partial charge < -0.3 is 9.47 Å². The molecule has 0 saturated heterocycles. The van der Waals surface area contributed by atoms with Crippen molar-refractivity contribution in [3.8, 4) is 11.5 Å². The van der Waals surface area contributed by atoms with Gasteiger partial charge in [0.05, 0.1) is 19.3 Å². The summed E-state index contributed by atoms with van der Waals surface area (Å²) in [5.41, 5.74) is 0.512. The molecular formula is C13H16O3. The van der Waals surface area contributed by atoms with E-state index in [1.807, 2.05) is 6.08 Å². The van der Waals surface area contributed by atoms with Crippen molar-refractivity contribution >= 4 is 6.29 Å². The van der Waals surface area contributed by atoms with Crippen LogP contribution >= 0.6 is 0 Å². The Bertz CT molecular complexity index is 358. The van der Waals surface area contributed by atoms with Gasteiger partial charge in [-0.15, -0.1) is 6.58 Å². The van der Waals surface area contributed by atoms with Gasteiger partial charge in [-0.3, -0.25) is 4.79 Å². The van der Waals surface area contributed by atoms with Crippen LogP contribution in [0.15, 0.2) is 30.9 Å². The van der Waals surface area contributed by atoms with Crippen LogP contribution in [-0.4, -0.2) is 20.0 Å². The highest BCUT2D eigenvalue weighted by molar-refractivity contribution is 5.81. The molecule has 0 aromatic heterocycles. The SMILES string of the molecule is C=CCCCOc1c(C=O)cccc1OC. The molecule has 16 heavy (non-hydrogen) atoms. The number of hydrogen-bond acceptors (Lipinski definition) is 3. The number of ether oxygens (including phenoxy) is 2. The van der Waals surface area contributed by atoms with E-state index in [1.54, 1.807) is 25.3 Å². The second kappa shape index (κ2) is 6.67. The number of benzene rings is 1. The number of carbonyl (C=O) groups is 1. The van der Waals surface area contributed by atoms with E-state index in [-0.39, 0.29) is 0 Å². The maximum Gasteiger partial charge on any atom is 0.171 e. The van der Waals surface area contributed by atoms with Crippen LogP contribution in [0.2, 0.25) is 0 Å². The lowest BCUT2D eigenvalue weighted by molar-refractivity contribution is 0.111. The van der Waals surface area contributed by atoms with E-state index in [0.29, 0.717) is 23.7 Å². The third-order valence-electron chi connectivity index (χ3n) is 2.16. The first kappa shape index (κ1) is 12.3. The molecule has 0 unspecified atom stereocenters. The molecule has 1 aromatic rings. The molecule has 1 rings (SSSR count). The van der Waals surface area contributed by atoms with Gasteiger partial charge in [-0.05, 0) is 25.0 Å². The Labute approximate surface area is 95.7 Å². The number of carbonyl (C=O) groups excluding carboxylic acids is 1. The lowest BCUT2D eigenvalue weighted by Gasteiger charge is -2.11. The third-order valence-corrected chi connectivity index (χ3v) is 2.16. The van der Waals surface area contributed by atoms with E-state index in [9.17, 15) is 4.79 Å². The molecule has 0 heterocycles. The van der Waals surface area contributed by atoms with E-state index in [1.165, 1.54) is 0 Å². The van der Waals surface area contributed by atoms with Crippen LogP contribution in [0.1, 0.15) is 23.2 Å². The van der Waals surface area contributed by atoms with Gasteiger partial charge in [-0.1, -0.05) is 12.1 Å². The topological polar surface area (TPSA) is 35.5 Å². The van der Waals surface area contributed by atoms with Crippen LogP contribution in [0.25, 0.3) is 0 Å². The van der Waals surface area contributed by atoms with Crippen molar-refractivity contribution < 1.29 is 14.3 Å². The predicted molar refractivity (Wildman–Crippen MR) is 63.3 cm³/mol. The number of aldehydes is 1. The zero-order valence-corrected chi connectivity index (χ0v) is 9.44. The minimum Gasteiger partial charge on any atom is -0.493 e. The summed E-state index contributed by atoms with van der Waals surface area (Å²) in [4.78, 5) is 10.8. The highest BCUT2D eigenvalue weighted by Gasteiger charge is 2.09. The molecule has 0 bridgehead atoms. The van der Waals surface area contributed by atoms with Gasteiger partial charge in [0.1, 0.15) is 0 Å². The molecule has 0 N–H and O–H groups in total. The van der Waals surface area contributed by atoms with E-state index in [4.69, 9.17) is 9.47 Å². The van der Waals surface area contributed by atoms with E-state index >= 15 is 0 Å². The van der Waals surface area contributed by atoms with Crippen LogP contribution in [0, 0.1) is 0 Å². The third kappa shape index (κ3) is 3.12. The molecule has 86 valence electrons. The van der Waals surface area contributed by atoms with Gasteiger partial charge in [-0.2, -0.15) is 0 Å². The number of unbranched alkanes of at least 4 members (excludes halogenated alkanes) is 1. The summed E-state index contributed by atoms with van der Waals surface area (Å²) in [5.74, 6) is 1.10. The Morgan fingerprint density at radius 2 is 2.25 bits per heavy atom. The zero-order valence-electron chi connectivity index (χ0n) is 9.44. The van der Waals surface area contributed by atoms with Gasteiger partial charge in [0.25, 0.3) is 0 Å². The number of allylic oxidation sites excluding steroid dienone is 1. The molecule has 0 amide bonds. The first-order valence-electron chi connectivity index (χ1n) is 5.19. The molecule has 0 saturated carbocycles. The minimum atomic E-state index is 0.512. The van der Waals surface area contributed by atoms with E-state index < -0.39 is 0 Å². The molecular weight excluding hydrogens is 204 g/mol. The summed E-state index contributed by atoms with van der Waals surface area (Å²) in [6, 6.07) is 5.24. The second-order valence-electron chi connectivity index (χ2n) is 3.28. The van der Waals surface area contributed by atoms with Crippen LogP contribution < -0.4 is 9.47 Å². The molecule has 0 radical (unpaired) electrons.